The summed E-state index contributed by atoms with van der Waals surface area (Å²) in [6, 6.07) is 19.0. The summed E-state index contributed by atoms with van der Waals surface area (Å²) in [5.74, 6) is 0.794. The molecule has 2 N–H and O–H groups in total. The normalized spacial score (nSPS) is 24.5. The molecule has 15 nitrogen and oxygen atoms in total. The number of nitrogens with one attached hydrogen (secondary N) is 2. The SMILES string of the molecule is O=C(N[C@@H](C(=O)N1CCN(CC2CCN(CC(=O)N3CCN(C(=O)c4cc(Cc5n[nH]c(=O)c6ccccc56)ccc4F)CC3)CC2)CC1)C1CCCCC1)c1cccc(C2CCCN(C(=O)C34CC(C3)C4)C2)c1. The van der Waals surface area contributed by atoms with Crippen LogP contribution in [0.1, 0.15) is 121 Å². The Hall–Kier alpha value is -6.00. The Morgan fingerprint density at radius 3 is 2.15 bits per heavy atom. The molecule has 1 unspecified atom stereocenters. The molecule has 4 aliphatic heterocycles. The molecule has 5 amide bonds. The summed E-state index contributed by atoms with van der Waals surface area (Å²) in [5, 5.41) is 11.3. The average Bonchev–Trinajstić information content (AvgIpc) is 3.43. The Bertz CT molecular complexity index is 2790. The van der Waals surface area contributed by atoms with Gasteiger partial charge in [0.15, 0.2) is 0 Å². The van der Waals surface area contributed by atoms with Crippen LogP contribution in [0.25, 0.3) is 10.8 Å². The number of carbonyl (C=O) groups excluding carboxylic acids is 5. The summed E-state index contributed by atoms with van der Waals surface area (Å²) in [4.78, 5) is 93.6. The zero-order valence-corrected chi connectivity index (χ0v) is 42.8. The van der Waals surface area contributed by atoms with Crippen LogP contribution in [-0.2, 0) is 20.8 Å². The minimum absolute atomic E-state index is 0.0200. The number of aromatic amines is 1. The zero-order valence-electron chi connectivity index (χ0n) is 42.8. The number of hydrogen-bond donors (Lipinski definition) is 2. The Morgan fingerprint density at radius 1 is 0.703 bits per heavy atom. The third kappa shape index (κ3) is 10.6. The standard InChI is InChI=1S/C58H72FN9O6/c59-49-16-15-40(31-50-46-13-4-5-14-47(46)54(71)62-61-50)30-48(49)55(72)66-28-26-65(27-29-66)51(69)38-63-20-17-39(18-21-63)36-64-22-24-67(25-23-64)56(73)52(42-8-2-1-3-9-42)60-53(70)44-11-6-10-43(32-44)45-12-7-19-68(37-45)57(74)58-33-41(34-58)35-58/h4-6,10-11,13-16,30,32,39,41-42,45,52H,1-3,7-9,12,17-29,31,33-38H2,(H,60,70)(H,62,71)/t41?,45?,52-,58?/m1/s1. The van der Waals surface area contributed by atoms with E-state index in [4.69, 9.17) is 0 Å². The molecule has 8 aliphatic rings. The second kappa shape index (κ2) is 21.7. The lowest BCUT2D eigenvalue weighted by Gasteiger charge is -2.61. The van der Waals surface area contributed by atoms with Crippen LogP contribution in [-0.4, -0.2) is 167 Å². The van der Waals surface area contributed by atoms with Gasteiger partial charge in [0.1, 0.15) is 11.9 Å². The monoisotopic (exact) mass is 1010 g/mol. The summed E-state index contributed by atoms with van der Waals surface area (Å²) >= 11 is 0. The Labute approximate surface area is 433 Å². The highest BCUT2D eigenvalue weighted by atomic mass is 19.1. The van der Waals surface area contributed by atoms with Crippen molar-refractivity contribution in [1.29, 1.82) is 0 Å². The number of benzene rings is 3. The van der Waals surface area contributed by atoms with Crippen LogP contribution < -0.4 is 10.9 Å². The highest BCUT2D eigenvalue weighted by Crippen LogP contribution is 2.65. The predicted octanol–water partition coefficient (Wildman–Crippen LogP) is 5.68. The van der Waals surface area contributed by atoms with Crippen molar-refractivity contribution >= 4 is 40.3 Å². The maximum Gasteiger partial charge on any atom is 0.272 e. The number of rotatable bonds is 13. The van der Waals surface area contributed by atoms with Crippen molar-refractivity contribution in [3.63, 3.8) is 0 Å². The number of H-pyrrole nitrogens is 1. The van der Waals surface area contributed by atoms with Crippen molar-refractivity contribution in [2.24, 2.45) is 23.2 Å². The van der Waals surface area contributed by atoms with Crippen molar-refractivity contribution in [2.45, 2.75) is 95.4 Å². The van der Waals surface area contributed by atoms with Gasteiger partial charge in [-0.1, -0.05) is 55.7 Å². The van der Waals surface area contributed by atoms with E-state index in [0.29, 0.717) is 98.2 Å². The van der Waals surface area contributed by atoms with Crippen molar-refractivity contribution in [1.82, 2.24) is 44.9 Å². The smallest absolute Gasteiger partial charge is 0.272 e. The molecule has 4 aromatic rings. The molecule has 4 saturated heterocycles. The van der Waals surface area contributed by atoms with Crippen LogP contribution >= 0.6 is 0 Å². The fraction of sp³-hybridized carbons (Fsp3) is 0.569. The maximum absolute atomic E-state index is 15.1. The second-order valence-corrected chi connectivity index (χ2v) is 22.9. The lowest BCUT2D eigenvalue weighted by Crippen LogP contribution is -2.62. The van der Waals surface area contributed by atoms with E-state index in [9.17, 15) is 28.8 Å². The van der Waals surface area contributed by atoms with E-state index in [0.717, 1.165) is 128 Å². The van der Waals surface area contributed by atoms with Crippen LogP contribution in [0.2, 0.25) is 0 Å². The molecule has 5 heterocycles. The molecular weight excluding hydrogens is 938 g/mol. The van der Waals surface area contributed by atoms with Gasteiger partial charge in [0.25, 0.3) is 17.4 Å². The van der Waals surface area contributed by atoms with Crippen molar-refractivity contribution in [3.05, 3.63) is 111 Å². The van der Waals surface area contributed by atoms with Gasteiger partial charge < -0.3 is 24.9 Å². The highest BCUT2D eigenvalue weighted by molar-refractivity contribution is 5.98. The Balaban J connectivity index is 0.616. The number of halogens is 1. The van der Waals surface area contributed by atoms with Crippen molar-refractivity contribution in [3.8, 4) is 0 Å². The predicted molar refractivity (Wildman–Crippen MR) is 279 cm³/mol. The van der Waals surface area contributed by atoms with Crippen LogP contribution in [0.5, 0.6) is 0 Å². The third-order valence-corrected chi connectivity index (χ3v) is 18.1. The van der Waals surface area contributed by atoms with Gasteiger partial charge in [0.2, 0.25) is 17.7 Å². The Morgan fingerprint density at radius 2 is 1.42 bits per heavy atom. The number of piperazine rings is 2. The molecule has 1 aromatic heterocycles. The number of nitrogens with zero attached hydrogens (tertiary/aromatic N) is 7. The topological polar surface area (TPSA) is 163 Å². The van der Waals surface area contributed by atoms with Gasteiger partial charge in [-0.2, -0.15) is 5.10 Å². The molecule has 2 bridgehead atoms. The molecule has 0 radical (unpaired) electrons. The van der Waals surface area contributed by atoms with Crippen LogP contribution in [0, 0.1) is 29.0 Å². The van der Waals surface area contributed by atoms with E-state index in [1.807, 2.05) is 40.1 Å². The van der Waals surface area contributed by atoms with Crippen LogP contribution in [0.4, 0.5) is 4.39 Å². The molecule has 392 valence electrons. The van der Waals surface area contributed by atoms with E-state index in [1.54, 1.807) is 29.2 Å². The van der Waals surface area contributed by atoms with Gasteiger partial charge in [-0.15, -0.1) is 0 Å². The summed E-state index contributed by atoms with van der Waals surface area (Å²) in [7, 11) is 0. The van der Waals surface area contributed by atoms with Gasteiger partial charge in [-0.3, -0.25) is 38.6 Å². The first kappa shape index (κ1) is 50.2. The summed E-state index contributed by atoms with van der Waals surface area (Å²) in [6.07, 6.45) is 12.6. The minimum Gasteiger partial charge on any atom is -0.342 e. The number of hydrogen-bond acceptors (Lipinski definition) is 9. The van der Waals surface area contributed by atoms with E-state index < -0.39 is 17.8 Å². The molecule has 2 atom stereocenters. The number of piperidine rings is 2. The third-order valence-electron chi connectivity index (χ3n) is 18.1. The minimum atomic E-state index is -0.603. The zero-order chi connectivity index (χ0) is 50.9. The second-order valence-electron chi connectivity index (χ2n) is 22.9. The number of aromatic nitrogens is 2. The van der Waals surface area contributed by atoms with Gasteiger partial charge >= 0.3 is 0 Å². The molecule has 3 aromatic carbocycles. The van der Waals surface area contributed by atoms with Gasteiger partial charge in [-0.05, 0) is 130 Å². The van der Waals surface area contributed by atoms with E-state index in [-0.39, 0.29) is 46.1 Å². The molecule has 8 fully saturated rings. The number of carbonyl (C=O) groups is 5. The molecule has 4 saturated carbocycles. The van der Waals surface area contributed by atoms with E-state index >= 15 is 4.39 Å². The van der Waals surface area contributed by atoms with E-state index in [1.165, 1.54) is 6.07 Å². The van der Waals surface area contributed by atoms with Gasteiger partial charge in [-0.25, -0.2) is 9.49 Å². The maximum atomic E-state index is 15.1. The largest absolute Gasteiger partial charge is 0.342 e. The van der Waals surface area contributed by atoms with Crippen molar-refractivity contribution < 1.29 is 28.4 Å². The number of amides is 5. The lowest BCUT2D eigenvalue weighted by atomic mass is 9.44. The molecule has 16 heteroatoms. The average molecular weight is 1010 g/mol. The summed E-state index contributed by atoms with van der Waals surface area (Å²) in [5.41, 5.74) is 2.63. The van der Waals surface area contributed by atoms with Crippen LogP contribution in [0.3, 0.4) is 0 Å². The first-order chi connectivity index (χ1) is 36.0. The first-order valence-electron chi connectivity index (χ1n) is 27.7. The highest BCUT2D eigenvalue weighted by Gasteiger charge is 2.62. The van der Waals surface area contributed by atoms with Crippen molar-refractivity contribution in [2.75, 3.05) is 91.6 Å². The molecular formula is C58H72FN9O6. The number of likely N-dealkylation sites (tertiary alicyclic amines) is 2. The van der Waals surface area contributed by atoms with Gasteiger partial charge in [0.05, 0.1) is 28.6 Å². The molecule has 4 aliphatic carbocycles. The first-order valence-corrected chi connectivity index (χ1v) is 27.7. The molecule has 12 rings (SSSR count). The van der Waals surface area contributed by atoms with Gasteiger partial charge in [0, 0.05) is 95.3 Å². The summed E-state index contributed by atoms with van der Waals surface area (Å²) < 4.78 is 15.1. The fourth-order valence-corrected chi connectivity index (χ4v) is 13.5. The summed E-state index contributed by atoms with van der Waals surface area (Å²) in [6.45, 7) is 8.74. The fourth-order valence-electron chi connectivity index (χ4n) is 13.5. The quantitative estimate of drug-likeness (QED) is 0.172. The lowest BCUT2D eigenvalue weighted by molar-refractivity contribution is -0.178. The molecule has 74 heavy (non-hydrogen) atoms. The number of fused-ring (bicyclic) bond motifs is 1. The van der Waals surface area contributed by atoms with E-state index in [2.05, 4.69) is 36.3 Å². The molecule has 0 spiro atoms. The van der Waals surface area contributed by atoms with Crippen LogP contribution in [0.15, 0.2) is 71.5 Å². The Kier molecular flexibility index (Phi) is 14.7.